The molecule has 2 aromatic rings. The Balaban J connectivity index is 1.48. The number of rotatable bonds is 3. The van der Waals surface area contributed by atoms with Crippen LogP contribution in [0.3, 0.4) is 0 Å². The Bertz CT molecular complexity index is 845. The molecule has 2 aliphatic rings. The second-order valence-corrected chi connectivity index (χ2v) is 7.33. The number of likely N-dealkylation sites (tertiary alicyclic amines) is 1. The summed E-state index contributed by atoms with van der Waals surface area (Å²) < 4.78 is 6.49. The molecule has 2 fully saturated rings. The SMILES string of the molecule is O=C(Cn1nc(-c2ccco2)ccc1=O)N1CC[C@@]2(O)CCCC[C@H]2C1. The second-order valence-electron chi connectivity index (χ2n) is 7.33. The highest BCUT2D eigenvalue weighted by Gasteiger charge is 2.43. The Kier molecular flexibility index (Phi) is 4.40. The van der Waals surface area contributed by atoms with E-state index in [1.54, 1.807) is 23.1 Å². The van der Waals surface area contributed by atoms with Crippen molar-refractivity contribution in [3.63, 3.8) is 0 Å². The molecule has 7 heteroatoms. The van der Waals surface area contributed by atoms with Crippen LogP contribution in [0.1, 0.15) is 32.1 Å². The van der Waals surface area contributed by atoms with Gasteiger partial charge in [-0.25, -0.2) is 4.68 Å². The van der Waals surface area contributed by atoms with Crippen LogP contribution < -0.4 is 5.56 Å². The monoisotopic (exact) mass is 357 g/mol. The zero-order valence-corrected chi connectivity index (χ0v) is 14.6. The summed E-state index contributed by atoms with van der Waals surface area (Å²) in [5, 5.41) is 15.0. The summed E-state index contributed by atoms with van der Waals surface area (Å²) in [7, 11) is 0. The molecule has 1 saturated heterocycles. The van der Waals surface area contributed by atoms with Gasteiger partial charge in [0.25, 0.3) is 5.56 Å². The van der Waals surface area contributed by atoms with E-state index in [-0.39, 0.29) is 23.9 Å². The molecule has 0 bridgehead atoms. The van der Waals surface area contributed by atoms with Crippen molar-refractivity contribution in [1.29, 1.82) is 0 Å². The second kappa shape index (κ2) is 6.72. The predicted molar refractivity (Wildman–Crippen MR) is 94.3 cm³/mol. The molecule has 1 N–H and O–H groups in total. The van der Waals surface area contributed by atoms with Gasteiger partial charge in [-0.05, 0) is 37.5 Å². The maximum Gasteiger partial charge on any atom is 0.267 e. The number of carbonyl (C=O) groups excluding carboxylic acids is 1. The first kappa shape index (κ1) is 17.0. The third-order valence-electron chi connectivity index (χ3n) is 5.71. The average molecular weight is 357 g/mol. The van der Waals surface area contributed by atoms with Crippen molar-refractivity contribution >= 4 is 5.91 Å². The van der Waals surface area contributed by atoms with Crippen LogP contribution in [0.15, 0.2) is 39.7 Å². The fourth-order valence-electron chi connectivity index (χ4n) is 4.14. The minimum Gasteiger partial charge on any atom is -0.463 e. The maximum absolute atomic E-state index is 12.7. The number of fused-ring (bicyclic) bond motifs is 1. The first-order valence-electron chi connectivity index (χ1n) is 9.17. The van der Waals surface area contributed by atoms with Crippen molar-refractivity contribution in [2.24, 2.45) is 5.92 Å². The van der Waals surface area contributed by atoms with Gasteiger partial charge in [-0.2, -0.15) is 5.10 Å². The van der Waals surface area contributed by atoms with Gasteiger partial charge in [-0.1, -0.05) is 12.8 Å². The van der Waals surface area contributed by atoms with Crippen LogP contribution in [0.5, 0.6) is 0 Å². The van der Waals surface area contributed by atoms with Crippen molar-refractivity contribution in [1.82, 2.24) is 14.7 Å². The molecule has 2 aromatic heterocycles. The highest BCUT2D eigenvalue weighted by atomic mass is 16.3. The molecule has 4 rings (SSSR count). The van der Waals surface area contributed by atoms with E-state index in [9.17, 15) is 14.7 Å². The van der Waals surface area contributed by atoms with Crippen LogP contribution in [-0.4, -0.2) is 44.4 Å². The lowest BCUT2D eigenvalue weighted by molar-refractivity contribution is -0.144. The minimum atomic E-state index is -0.622. The van der Waals surface area contributed by atoms with E-state index in [4.69, 9.17) is 4.42 Å². The Morgan fingerprint density at radius 3 is 3.00 bits per heavy atom. The van der Waals surface area contributed by atoms with Gasteiger partial charge in [0.05, 0.1) is 11.9 Å². The molecule has 26 heavy (non-hydrogen) atoms. The highest BCUT2D eigenvalue weighted by Crippen LogP contribution is 2.39. The molecule has 1 aliphatic carbocycles. The Morgan fingerprint density at radius 2 is 2.19 bits per heavy atom. The topological polar surface area (TPSA) is 88.6 Å². The fraction of sp³-hybridized carbons (Fsp3) is 0.526. The van der Waals surface area contributed by atoms with Crippen LogP contribution in [0.25, 0.3) is 11.5 Å². The van der Waals surface area contributed by atoms with Gasteiger partial charge in [-0.3, -0.25) is 9.59 Å². The Hall–Kier alpha value is -2.41. The summed E-state index contributed by atoms with van der Waals surface area (Å²) >= 11 is 0. The van der Waals surface area contributed by atoms with Crippen molar-refractivity contribution in [2.75, 3.05) is 13.1 Å². The number of hydrogen-bond acceptors (Lipinski definition) is 5. The molecule has 0 aromatic carbocycles. The lowest BCUT2D eigenvalue weighted by Gasteiger charge is -2.47. The van der Waals surface area contributed by atoms with Gasteiger partial charge < -0.3 is 14.4 Å². The summed E-state index contributed by atoms with van der Waals surface area (Å²) in [4.78, 5) is 26.6. The maximum atomic E-state index is 12.7. The van der Waals surface area contributed by atoms with Crippen LogP contribution in [0.2, 0.25) is 0 Å². The zero-order valence-electron chi connectivity index (χ0n) is 14.6. The van der Waals surface area contributed by atoms with Gasteiger partial charge >= 0.3 is 0 Å². The number of piperidine rings is 1. The van der Waals surface area contributed by atoms with E-state index in [1.807, 2.05) is 0 Å². The van der Waals surface area contributed by atoms with Crippen molar-refractivity contribution in [2.45, 2.75) is 44.2 Å². The highest BCUT2D eigenvalue weighted by molar-refractivity contribution is 5.76. The van der Waals surface area contributed by atoms with Crippen molar-refractivity contribution < 1.29 is 14.3 Å². The third-order valence-corrected chi connectivity index (χ3v) is 5.71. The summed E-state index contributed by atoms with van der Waals surface area (Å²) in [6.45, 7) is 0.985. The molecule has 1 saturated carbocycles. The third kappa shape index (κ3) is 3.19. The van der Waals surface area contributed by atoms with Gasteiger partial charge in [0, 0.05) is 25.1 Å². The predicted octanol–water partition coefficient (Wildman–Crippen LogP) is 1.66. The van der Waals surface area contributed by atoms with E-state index >= 15 is 0 Å². The molecule has 2 atom stereocenters. The minimum absolute atomic E-state index is 0.0987. The molecule has 0 spiro atoms. The van der Waals surface area contributed by atoms with E-state index in [0.717, 1.165) is 25.7 Å². The quantitative estimate of drug-likeness (QED) is 0.902. The first-order valence-corrected chi connectivity index (χ1v) is 9.17. The van der Waals surface area contributed by atoms with Crippen molar-refractivity contribution in [3.8, 4) is 11.5 Å². The summed E-state index contributed by atoms with van der Waals surface area (Å²) in [5.41, 5.74) is -0.425. The number of amides is 1. The fourth-order valence-corrected chi connectivity index (χ4v) is 4.14. The summed E-state index contributed by atoms with van der Waals surface area (Å²) in [5.74, 6) is 0.549. The molecule has 3 heterocycles. The molecular weight excluding hydrogens is 334 g/mol. The van der Waals surface area contributed by atoms with Crippen LogP contribution in [0, 0.1) is 5.92 Å². The zero-order chi connectivity index (χ0) is 18.1. The number of nitrogens with zero attached hydrogens (tertiary/aromatic N) is 3. The van der Waals surface area contributed by atoms with Crippen LogP contribution >= 0.6 is 0 Å². The summed E-state index contributed by atoms with van der Waals surface area (Å²) in [6.07, 6.45) is 6.08. The van der Waals surface area contributed by atoms with E-state index in [2.05, 4.69) is 5.10 Å². The average Bonchev–Trinajstić information content (AvgIpc) is 3.17. The number of aromatic nitrogens is 2. The lowest BCUT2D eigenvalue weighted by atomic mass is 9.71. The van der Waals surface area contributed by atoms with Gasteiger partial charge in [-0.15, -0.1) is 0 Å². The van der Waals surface area contributed by atoms with Crippen LogP contribution in [-0.2, 0) is 11.3 Å². The Labute approximate surface area is 151 Å². The molecule has 7 nitrogen and oxygen atoms in total. The van der Waals surface area contributed by atoms with Gasteiger partial charge in [0.1, 0.15) is 12.2 Å². The standard InChI is InChI=1S/C19H23N3O4/c23-17-7-6-15(16-5-3-11-26-16)20-22(17)13-18(24)21-10-9-19(25)8-2-1-4-14(19)12-21/h3,5-7,11,14,25H,1-2,4,8-10,12-13H2/t14-,19-/m0/s1. The van der Waals surface area contributed by atoms with E-state index in [1.165, 1.54) is 17.0 Å². The van der Waals surface area contributed by atoms with E-state index < -0.39 is 5.60 Å². The summed E-state index contributed by atoms with van der Waals surface area (Å²) in [6, 6.07) is 6.49. The molecular formula is C19H23N3O4. The molecule has 0 unspecified atom stereocenters. The number of aliphatic hydroxyl groups is 1. The van der Waals surface area contributed by atoms with Gasteiger partial charge in [0.15, 0.2) is 5.76 Å². The lowest BCUT2D eigenvalue weighted by Crippen LogP contribution is -2.55. The van der Waals surface area contributed by atoms with E-state index in [0.29, 0.717) is 31.0 Å². The molecule has 1 amide bonds. The Morgan fingerprint density at radius 1 is 1.31 bits per heavy atom. The molecule has 0 radical (unpaired) electrons. The smallest absolute Gasteiger partial charge is 0.267 e. The first-order chi connectivity index (χ1) is 12.5. The van der Waals surface area contributed by atoms with Crippen LogP contribution in [0.4, 0.5) is 0 Å². The number of carbonyl (C=O) groups is 1. The van der Waals surface area contributed by atoms with Gasteiger partial charge in [0.2, 0.25) is 5.91 Å². The normalized spacial score (nSPS) is 25.7. The number of hydrogen-bond donors (Lipinski definition) is 1. The largest absolute Gasteiger partial charge is 0.463 e. The van der Waals surface area contributed by atoms with Crippen molar-refractivity contribution in [3.05, 3.63) is 40.9 Å². The molecule has 138 valence electrons. The number of furan rings is 1. The molecule has 1 aliphatic heterocycles.